The molecule has 3 heterocycles. The standard InChI is InChI=1S/C28H28FN5O2.2C2HF3O2/c1-18-16-33(17-30-18)23-12-7-19(15-24(23)36-4)14-21-6-5-13-34-26(20-8-10-22(29)11-9-20)25(31-27(21)34)28(35)32(2)3;2*3-2(4,5)1(6)7/h7-12,14-17H,5-6,13H2,1-4H3;2*(H,6,7)/b21-14+;;. The second-order valence-corrected chi connectivity index (χ2v) is 10.7. The Balaban J connectivity index is 0.000000408. The second-order valence-electron chi connectivity index (χ2n) is 10.7. The van der Waals surface area contributed by atoms with Gasteiger partial charge in [-0.1, -0.05) is 6.07 Å². The van der Waals surface area contributed by atoms with Gasteiger partial charge in [0.2, 0.25) is 0 Å². The van der Waals surface area contributed by atoms with Crippen molar-refractivity contribution in [2.24, 2.45) is 0 Å². The van der Waals surface area contributed by atoms with E-state index in [1.165, 1.54) is 17.0 Å². The minimum Gasteiger partial charge on any atom is -0.495 e. The molecule has 0 spiro atoms. The van der Waals surface area contributed by atoms with Crippen molar-refractivity contribution in [1.82, 2.24) is 24.0 Å². The van der Waals surface area contributed by atoms with Gasteiger partial charge in [-0.25, -0.2) is 23.9 Å². The Labute approximate surface area is 279 Å². The number of carbonyl (C=O) groups excluding carboxylic acids is 1. The molecule has 0 radical (unpaired) electrons. The monoisotopic (exact) mass is 713 g/mol. The molecule has 0 fully saturated rings. The molecule has 1 amide bonds. The Kier molecular flexibility index (Phi) is 12.2. The van der Waals surface area contributed by atoms with E-state index in [-0.39, 0.29) is 11.7 Å². The molecule has 0 aliphatic carbocycles. The molecule has 4 aromatic rings. The number of allylic oxidation sites excluding steroid dienone is 1. The van der Waals surface area contributed by atoms with Crippen molar-refractivity contribution in [1.29, 1.82) is 0 Å². The van der Waals surface area contributed by atoms with E-state index in [2.05, 4.69) is 15.6 Å². The molecule has 50 heavy (non-hydrogen) atoms. The van der Waals surface area contributed by atoms with E-state index in [4.69, 9.17) is 29.5 Å². The van der Waals surface area contributed by atoms with Crippen LogP contribution in [0.4, 0.5) is 30.7 Å². The second kappa shape index (κ2) is 15.7. The quantitative estimate of drug-likeness (QED) is 0.224. The lowest BCUT2D eigenvalue weighted by molar-refractivity contribution is -0.193. The number of hydrogen-bond acceptors (Lipinski definition) is 6. The molecule has 5 rings (SSSR count). The van der Waals surface area contributed by atoms with Crippen molar-refractivity contribution in [2.45, 2.75) is 38.7 Å². The Hall–Kier alpha value is -5.68. The number of carbonyl (C=O) groups is 3. The van der Waals surface area contributed by atoms with Crippen molar-refractivity contribution in [3.05, 3.63) is 83.6 Å². The minimum atomic E-state index is -5.08. The van der Waals surface area contributed by atoms with Gasteiger partial charge in [-0.2, -0.15) is 26.3 Å². The molecule has 2 aromatic heterocycles. The number of aliphatic carboxylic acids is 2. The number of fused-ring (bicyclic) bond motifs is 1. The molecule has 1 aliphatic heterocycles. The van der Waals surface area contributed by atoms with Crippen LogP contribution in [0, 0.1) is 12.7 Å². The number of aromatic nitrogens is 4. The Morgan fingerprint density at radius 3 is 2.02 bits per heavy atom. The number of hydrogen-bond donors (Lipinski definition) is 2. The summed E-state index contributed by atoms with van der Waals surface area (Å²) in [4.78, 5) is 41.5. The largest absolute Gasteiger partial charge is 0.495 e. The van der Waals surface area contributed by atoms with Gasteiger partial charge in [0.25, 0.3) is 5.91 Å². The molecule has 1 aliphatic rings. The predicted molar refractivity (Wildman–Crippen MR) is 165 cm³/mol. The van der Waals surface area contributed by atoms with E-state index in [9.17, 15) is 35.5 Å². The third kappa shape index (κ3) is 9.70. The maximum atomic E-state index is 13.6. The van der Waals surface area contributed by atoms with Crippen molar-refractivity contribution in [3.8, 4) is 22.7 Å². The van der Waals surface area contributed by atoms with Crippen LogP contribution >= 0.6 is 0 Å². The third-order valence-electron chi connectivity index (χ3n) is 6.83. The lowest BCUT2D eigenvalue weighted by Crippen LogP contribution is -2.23. The number of methoxy groups -OCH3 is 1. The predicted octanol–water partition coefficient (Wildman–Crippen LogP) is 6.49. The normalized spacial score (nSPS) is 13.3. The highest BCUT2D eigenvalue weighted by Gasteiger charge is 2.39. The maximum absolute atomic E-state index is 13.6. The Bertz CT molecular complexity index is 1850. The first-order valence-electron chi connectivity index (χ1n) is 14.3. The minimum absolute atomic E-state index is 0.183. The van der Waals surface area contributed by atoms with Crippen LogP contribution in [-0.2, 0) is 16.1 Å². The summed E-state index contributed by atoms with van der Waals surface area (Å²) in [5.74, 6) is -4.52. The molecule has 0 saturated carbocycles. The van der Waals surface area contributed by atoms with E-state index >= 15 is 0 Å². The van der Waals surface area contributed by atoms with Gasteiger partial charge in [0.1, 0.15) is 17.4 Å². The zero-order chi connectivity index (χ0) is 37.6. The first kappa shape index (κ1) is 38.8. The fourth-order valence-electron chi connectivity index (χ4n) is 4.60. The Morgan fingerprint density at radius 2 is 1.54 bits per heavy atom. The van der Waals surface area contributed by atoms with E-state index in [0.717, 1.165) is 64.7 Å². The fourth-order valence-corrected chi connectivity index (χ4v) is 4.60. The summed E-state index contributed by atoms with van der Waals surface area (Å²) >= 11 is 0. The van der Waals surface area contributed by atoms with Crippen LogP contribution in [0.5, 0.6) is 5.75 Å². The molecule has 2 aromatic carbocycles. The first-order chi connectivity index (χ1) is 23.2. The highest BCUT2D eigenvalue weighted by Crippen LogP contribution is 2.36. The molecule has 0 unspecified atom stereocenters. The number of carboxylic acid groups (broad SMARTS) is 2. The van der Waals surface area contributed by atoms with Gasteiger partial charge < -0.3 is 29.0 Å². The highest BCUT2D eigenvalue weighted by molar-refractivity contribution is 5.99. The van der Waals surface area contributed by atoms with E-state index in [1.54, 1.807) is 39.7 Å². The van der Waals surface area contributed by atoms with Crippen molar-refractivity contribution in [3.63, 3.8) is 0 Å². The molecule has 0 atom stereocenters. The molecule has 268 valence electrons. The van der Waals surface area contributed by atoms with Gasteiger partial charge in [0.15, 0.2) is 5.69 Å². The molecule has 18 heteroatoms. The topological polar surface area (TPSA) is 140 Å². The summed E-state index contributed by atoms with van der Waals surface area (Å²) in [7, 11) is 5.07. The number of nitrogens with zero attached hydrogens (tertiary/aromatic N) is 5. The van der Waals surface area contributed by atoms with Gasteiger partial charge in [0.05, 0.1) is 30.5 Å². The number of amides is 1. The zero-order valence-electron chi connectivity index (χ0n) is 26.8. The molecular weight excluding hydrogens is 683 g/mol. The number of imidazole rings is 2. The molecule has 0 saturated heterocycles. The summed E-state index contributed by atoms with van der Waals surface area (Å²) in [5, 5.41) is 14.2. The average molecular weight is 714 g/mol. The number of alkyl halides is 6. The van der Waals surface area contributed by atoms with Crippen LogP contribution in [0.25, 0.3) is 28.6 Å². The van der Waals surface area contributed by atoms with E-state index in [1.807, 2.05) is 35.9 Å². The van der Waals surface area contributed by atoms with Gasteiger partial charge >= 0.3 is 24.3 Å². The summed E-state index contributed by atoms with van der Waals surface area (Å²) in [6.45, 7) is 2.68. The maximum Gasteiger partial charge on any atom is 0.490 e. The highest BCUT2D eigenvalue weighted by atomic mass is 19.4. The van der Waals surface area contributed by atoms with Gasteiger partial charge in [-0.05, 0) is 73.4 Å². The van der Waals surface area contributed by atoms with Crippen LogP contribution in [-0.4, -0.2) is 85.6 Å². The molecule has 0 bridgehead atoms. The van der Waals surface area contributed by atoms with Crippen LogP contribution in [0.3, 0.4) is 0 Å². The fraction of sp³-hybridized carbons (Fsp3) is 0.281. The number of rotatable bonds is 5. The van der Waals surface area contributed by atoms with Crippen molar-refractivity contribution >= 4 is 29.5 Å². The van der Waals surface area contributed by atoms with Crippen LogP contribution in [0.1, 0.15) is 40.4 Å². The Morgan fingerprint density at radius 1 is 0.960 bits per heavy atom. The number of halogens is 7. The SMILES string of the molecule is COc1cc(/C=C2\CCCn3c2nc(C(=O)N(C)C)c3-c2ccc(F)cc2)ccc1-n1cnc(C)c1.O=C(O)C(F)(F)F.O=C(O)C(F)(F)F. The number of carboxylic acids is 2. The van der Waals surface area contributed by atoms with Gasteiger partial charge in [0, 0.05) is 32.4 Å². The average Bonchev–Trinajstić information content (AvgIpc) is 3.65. The van der Waals surface area contributed by atoms with Crippen LogP contribution in [0.15, 0.2) is 55.0 Å². The molecule has 11 nitrogen and oxygen atoms in total. The van der Waals surface area contributed by atoms with Crippen molar-refractivity contribution < 1.29 is 60.1 Å². The van der Waals surface area contributed by atoms with Crippen LogP contribution < -0.4 is 4.74 Å². The van der Waals surface area contributed by atoms with Crippen molar-refractivity contribution in [2.75, 3.05) is 21.2 Å². The summed E-state index contributed by atoms with van der Waals surface area (Å²) < 4.78 is 86.8. The molecular formula is C32H30F7N5O6. The zero-order valence-corrected chi connectivity index (χ0v) is 26.8. The first-order valence-corrected chi connectivity index (χ1v) is 14.3. The summed E-state index contributed by atoms with van der Waals surface area (Å²) in [6.07, 6.45) is -2.61. The molecule has 2 N–H and O–H groups in total. The third-order valence-corrected chi connectivity index (χ3v) is 6.83. The smallest absolute Gasteiger partial charge is 0.490 e. The van der Waals surface area contributed by atoms with E-state index in [0.29, 0.717) is 5.69 Å². The van der Waals surface area contributed by atoms with Crippen LogP contribution in [0.2, 0.25) is 0 Å². The van der Waals surface area contributed by atoms with Gasteiger partial charge in [-0.15, -0.1) is 0 Å². The van der Waals surface area contributed by atoms with E-state index < -0.39 is 24.3 Å². The summed E-state index contributed by atoms with van der Waals surface area (Å²) in [6, 6.07) is 12.3. The number of benzene rings is 2. The lowest BCUT2D eigenvalue weighted by atomic mass is 10.0. The number of ether oxygens (including phenoxy) is 1. The number of aryl methyl sites for hydroxylation is 1. The van der Waals surface area contributed by atoms with Gasteiger partial charge in [-0.3, -0.25) is 4.79 Å². The lowest BCUT2D eigenvalue weighted by Gasteiger charge is -2.20. The summed E-state index contributed by atoms with van der Waals surface area (Å²) in [5.41, 5.74) is 5.71.